The minimum absolute atomic E-state index is 0.0861. The number of anilines is 1. The van der Waals surface area contributed by atoms with Gasteiger partial charge >= 0.3 is 0 Å². The maximum Gasteiger partial charge on any atom is 0.270 e. The van der Waals surface area contributed by atoms with Crippen LogP contribution in [0, 0.1) is 6.92 Å². The van der Waals surface area contributed by atoms with E-state index in [0.717, 1.165) is 25.1 Å². The fraction of sp³-hybridized carbons (Fsp3) is 0.294. The molecule has 1 aromatic carbocycles. The molecule has 2 aromatic rings. The van der Waals surface area contributed by atoms with Crippen molar-refractivity contribution in [3.05, 3.63) is 59.4 Å². The van der Waals surface area contributed by atoms with Crippen LogP contribution in [0.3, 0.4) is 0 Å². The Morgan fingerprint density at radius 3 is 2.86 bits per heavy atom. The number of amides is 1. The number of aryl methyl sites for hydroxylation is 1. The summed E-state index contributed by atoms with van der Waals surface area (Å²) in [5.41, 5.74) is 3.88. The fourth-order valence-corrected chi connectivity index (χ4v) is 2.16. The molecule has 1 heterocycles. The lowest BCUT2D eigenvalue weighted by molar-refractivity contribution is 0.0946. The summed E-state index contributed by atoms with van der Waals surface area (Å²) in [6.07, 6.45) is 3.83. The number of nitrogens with zero attached hydrogens (tertiary/aromatic N) is 1. The van der Waals surface area contributed by atoms with Gasteiger partial charge in [-0.3, -0.25) is 9.78 Å². The number of benzene rings is 1. The highest BCUT2D eigenvalue weighted by atomic mass is 16.2. The van der Waals surface area contributed by atoms with Crippen LogP contribution in [-0.4, -0.2) is 16.9 Å². The first kappa shape index (κ1) is 13.6. The molecule has 1 saturated carbocycles. The van der Waals surface area contributed by atoms with Crippen molar-refractivity contribution in [1.29, 1.82) is 0 Å². The third kappa shape index (κ3) is 3.60. The van der Waals surface area contributed by atoms with Crippen molar-refractivity contribution < 1.29 is 4.79 Å². The van der Waals surface area contributed by atoms with E-state index in [4.69, 9.17) is 0 Å². The molecule has 0 unspecified atom stereocenters. The molecule has 0 radical (unpaired) electrons. The number of pyridine rings is 1. The van der Waals surface area contributed by atoms with Crippen LogP contribution in [0.2, 0.25) is 0 Å². The molecule has 0 atom stereocenters. The highest BCUT2D eigenvalue weighted by molar-refractivity contribution is 5.93. The Hall–Kier alpha value is -2.36. The summed E-state index contributed by atoms with van der Waals surface area (Å²) < 4.78 is 0. The van der Waals surface area contributed by atoms with E-state index in [2.05, 4.69) is 34.7 Å². The lowest BCUT2D eigenvalue weighted by Crippen LogP contribution is -2.26. The van der Waals surface area contributed by atoms with Crippen LogP contribution < -0.4 is 10.6 Å². The van der Waals surface area contributed by atoms with Crippen LogP contribution in [0.15, 0.2) is 42.6 Å². The monoisotopic (exact) mass is 281 g/mol. The van der Waals surface area contributed by atoms with Gasteiger partial charge in [-0.1, -0.05) is 24.3 Å². The standard InChI is InChI=1S/C17H19N3O/c1-12-4-2-3-5-13(12)11-19-15-8-9-18-16(10-15)17(21)20-14-6-7-14/h2-5,8-10,14H,6-7,11H2,1H3,(H,18,19)(H,20,21). The quantitative estimate of drug-likeness (QED) is 0.886. The van der Waals surface area contributed by atoms with Crippen LogP contribution in [0.25, 0.3) is 0 Å². The van der Waals surface area contributed by atoms with E-state index >= 15 is 0 Å². The summed E-state index contributed by atoms with van der Waals surface area (Å²) in [5, 5.41) is 6.30. The first-order chi connectivity index (χ1) is 10.2. The van der Waals surface area contributed by atoms with Crippen molar-refractivity contribution in [2.45, 2.75) is 32.4 Å². The molecule has 3 rings (SSSR count). The van der Waals surface area contributed by atoms with Gasteiger partial charge in [-0.2, -0.15) is 0 Å². The first-order valence-electron chi connectivity index (χ1n) is 7.27. The average Bonchev–Trinajstić information content (AvgIpc) is 3.31. The minimum atomic E-state index is -0.0861. The fourth-order valence-electron chi connectivity index (χ4n) is 2.16. The zero-order chi connectivity index (χ0) is 14.7. The van der Waals surface area contributed by atoms with Crippen molar-refractivity contribution in [2.24, 2.45) is 0 Å². The average molecular weight is 281 g/mol. The number of carbonyl (C=O) groups is 1. The van der Waals surface area contributed by atoms with Crippen molar-refractivity contribution in [1.82, 2.24) is 10.3 Å². The van der Waals surface area contributed by atoms with Gasteiger partial charge in [0.05, 0.1) is 0 Å². The molecule has 2 N–H and O–H groups in total. The van der Waals surface area contributed by atoms with Crippen LogP contribution in [-0.2, 0) is 6.54 Å². The van der Waals surface area contributed by atoms with Crippen LogP contribution >= 0.6 is 0 Å². The van der Waals surface area contributed by atoms with Gasteiger partial charge in [-0.05, 0) is 43.0 Å². The maximum atomic E-state index is 12.0. The Morgan fingerprint density at radius 1 is 1.29 bits per heavy atom. The number of carbonyl (C=O) groups excluding carboxylic acids is 1. The van der Waals surface area contributed by atoms with Gasteiger partial charge in [-0.15, -0.1) is 0 Å². The molecule has 1 aliphatic carbocycles. The normalized spacial score (nSPS) is 13.8. The van der Waals surface area contributed by atoms with Crippen LogP contribution in [0.5, 0.6) is 0 Å². The third-order valence-corrected chi connectivity index (χ3v) is 3.65. The first-order valence-corrected chi connectivity index (χ1v) is 7.27. The van der Waals surface area contributed by atoms with E-state index in [9.17, 15) is 4.79 Å². The maximum absolute atomic E-state index is 12.0. The Balaban J connectivity index is 1.65. The molecule has 21 heavy (non-hydrogen) atoms. The molecule has 1 amide bonds. The van der Waals surface area contributed by atoms with Crippen molar-refractivity contribution in [3.63, 3.8) is 0 Å². The predicted molar refractivity (Wildman–Crippen MR) is 83.2 cm³/mol. The number of rotatable bonds is 5. The van der Waals surface area contributed by atoms with E-state index in [0.29, 0.717) is 11.7 Å². The zero-order valence-electron chi connectivity index (χ0n) is 12.1. The topological polar surface area (TPSA) is 54.0 Å². The molecule has 1 aliphatic rings. The Labute approximate surface area is 124 Å². The van der Waals surface area contributed by atoms with Gasteiger partial charge < -0.3 is 10.6 Å². The van der Waals surface area contributed by atoms with Gasteiger partial charge in [0, 0.05) is 24.5 Å². The minimum Gasteiger partial charge on any atom is -0.381 e. The van der Waals surface area contributed by atoms with Gasteiger partial charge in [-0.25, -0.2) is 0 Å². The van der Waals surface area contributed by atoms with Gasteiger partial charge in [0.15, 0.2) is 0 Å². The second kappa shape index (κ2) is 5.95. The smallest absolute Gasteiger partial charge is 0.270 e. The van der Waals surface area contributed by atoms with E-state index in [1.807, 2.05) is 18.2 Å². The molecule has 0 bridgehead atoms. The highest BCUT2D eigenvalue weighted by Gasteiger charge is 2.24. The van der Waals surface area contributed by atoms with Crippen molar-refractivity contribution in [2.75, 3.05) is 5.32 Å². The summed E-state index contributed by atoms with van der Waals surface area (Å²) in [6.45, 7) is 2.83. The second-order valence-electron chi connectivity index (χ2n) is 5.46. The Morgan fingerprint density at radius 2 is 2.10 bits per heavy atom. The zero-order valence-corrected chi connectivity index (χ0v) is 12.1. The van der Waals surface area contributed by atoms with Crippen LogP contribution in [0.1, 0.15) is 34.5 Å². The molecular formula is C17H19N3O. The lowest BCUT2D eigenvalue weighted by atomic mass is 10.1. The lowest BCUT2D eigenvalue weighted by Gasteiger charge is -2.10. The van der Waals surface area contributed by atoms with E-state index < -0.39 is 0 Å². The summed E-state index contributed by atoms with van der Waals surface area (Å²) in [7, 11) is 0. The second-order valence-corrected chi connectivity index (χ2v) is 5.46. The third-order valence-electron chi connectivity index (χ3n) is 3.65. The molecule has 4 nitrogen and oxygen atoms in total. The van der Waals surface area contributed by atoms with Gasteiger partial charge in [0.25, 0.3) is 5.91 Å². The summed E-state index contributed by atoms with van der Waals surface area (Å²) in [5.74, 6) is -0.0861. The Kier molecular flexibility index (Phi) is 3.86. The summed E-state index contributed by atoms with van der Waals surface area (Å²) >= 11 is 0. The number of hydrogen-bond acceptors (Lipinski definition) is 3. The van der Waals surface area contributed by atoms with E-state index in [1.54, 1.807) is 12.3 Å². The van der Waals surface area contributed by atoms with E-state index in [1.165, 1.54) is 11.1 Å². The molecule has 4 heteroatoms. The van der Waals surface area contributed by atoms with Crippen LogP contribution in [0.4, 0.5) is 5.69 Å². The van der Waals surface area contributed by atoms with Gasteiger partial charge in [0.1, 0.15) is 5.69 Å². The van der Waals surface area contributed by atoms with E-state index in [-0.39, 0.29) is 5.91 Å². The SMILES string of the molecule is Cc1ccccc1CNc1ccnc(C(=O)NC2CC2)c1. The summed E-state index contributed by atoms with van der Waals surface area (Å²) in [6, 6.07) is 12.3. The molecule has 0 spiro atoms. The Bertz CT molecular complexity index is 650. The van der Waals surface area contributed by atoms with Gasteiger partial charge in [0.2, 0.25) is 0 Å². The highest BCUT2D eigenvalue weighted by Crippen LogP contribution is 2.19. The molecule has 108 valence electrons. The predicted octanol–water partition coefficient (Wildman–Crippen LogP) is 2.89. The molecule has 0 aliphatic heterocycles. The van der Waals surface area contributed by atoms with Crippen molar-refractivity contribution >= 4 is 11.6 Å². The van der Waals surface area contributed by atoms with Crippen molar-refractivity contribution in [3.8, 4) is 0 Å². The largest absolute Gasteiger partial charge is 0.381 e. The molecule has 1 fully saturated rings. The summed E-state index contributed by atoms with van der Waals surface area (Å²) in [4.78, 5) is 16.1. The number of nitrogens with one attached hydrogen (secondary N) is 2. The number of aromatic nitrogens is 1. The molecule has 0 saturated heterocycles. The molecular weight excluding hydrogens is 262 g/mol. The molecule has 1 aromatic heterocycles. The number of hydrogen-bond donors (Lipinski definition) is 2.